The monoisotopic (exact) mass is 520 g/mol. The molecule has 0 bridgehead atoms. The lowest BCUT2D eigenvalue weighted by atomic mass is 9.46. The maximum atomic E-state index is 13.7. The number of aliphatic hydroxyl groups excluding tert-OH is 2. The zero-order chi connectivity index (χ0) is 27.1. The Bertz CT molecular complexity index is 1020. The number of carbonyl (C=O) groups excluding carboxylic acids is 3. The van der Waals surface area contributed by atoms with Gasteiger partial charge >= 0.3 is 0 Å². The van der Waals surface area contributed by atoms with Crippen molar-refractivity contribution < 1.29 is 43.9 Å². The van der Waals surface area contributed by atoms with Gasteiger partial charge in [-0.2, -0.15) is 0 Å². The topological polar surface area (TPSA) is 140 Å². The standard InChI is InChI=1S/C28H40O9/c1-13-22(32)24(35-5)23(33)25(36-13)37-16-8-9-26(3)15(10-16)6-7-17-20(26)18(30)11-27(4)21(17)19(31)12-28(27,34)14(2)29/h6,13,16-17,20-25,32-34H,7-12H2,1-5H3/t13-,16+,17-,20+,21-,22+,23-,24+,25-,26+,27+,28+/m1/s1. The van der Waals surface area contributed by atoms with Gasteiger partial charge in [0.2, 0.25) is 0 Å². The van der Waals surface area contributed by atoms with Crippen LogP contribution in [0.3, 0.4) is 0 Å². The summed E-state index contributed by atoms with van der Waals surface area (Å²) in [6.45, 7) is 6.85. The van der Waals surface area contributed by atoms with E-state index in [0.29, 0.717) is 25.7 Å². The molecule has 5 aliphatic rings. The van der Waals surface area contributed by atoms with E-state index in [2.05, 4.69) is 13.0 Å². The molecule has 0 unspecified atom stereocenters. The van der Waals surface area contributed by atoms with E-state index in [4.69, 9.17) is 14.2 Å². The van der Waals surface area contributed by atoms with E-state index >= 15 is 0 Å². The van der Waals surface area contributed by atoms with Crippen LogP contribution >= 0.6 is 0 Å². The van der Waals surface area contributed by atoms with Crippen LogP contribution in [0.4, 0.5) is 0 Å². The number of hydrogen-bond donors (Lipinski definition) is 3. The Labute approximate surface area is 217 Å². The first-order chi connectivity index (χ1) is 17.3. The number of ether oxygens (including phenoxy) is 3. The molecule has 1 aliphatic heterocycles. The fourth-order valence-corrected chi connectivity index (χ4v) is 8.52. The van der Waals surface area contributed by atoms with Crippen molar-refractivity contribution >= 4 is 17.3 Å². The zero-order valence-electron chi connectivity index (χ0n) is 22.3. The third-order valence-electron chi connectivity index (χ3n) is 10.6. The second-order valence-electron chi connectivity index (χ2n) is 12.5. The molecule has 3 saturated carbocycles. The van der Waals surface area contributed by atoms with Gasteiger partial charge in [0, 0.05) is 37.2 Å². The number of aliphatic hydroxyl groups is 3. The molecule has 9 heteroatoms. The van der Waals surface area contributed by atoms with Crippen LogP contribution in [0.15, 0.2) is 11.6 Å². The van der Waals surface area contributed by atoms with Crippen molar-refractivity contribution in [2.24, 2.45) is 28.6 Å². The predicted octanol–water partition coefficient (Wildman–Crippen LogP) is 1.49. The van der Waals surface area contributed by atoms with Crippen molar-refractivity contribution in [1.29, 1.82) is 0 Å². The lowest BCUT2D eigenvalue weighted by Crippen LogP contribution is -2.61. The van der Waals surface area contributed by atoms with Gasteiger partial charge in [-0.1, -0.05) is 25.5 Å². The summed E-state index contributed by atoms with van der Waals surface area (Å²) in [5, 5.41) is 32.2. The summed E-state index contributed by atoms with van der Waals surface area (Å²) in [4.78, 5) is 39.4. The Kier molecular flexibility index (Phi) is 6.61. The van der Waals surface area contributed by atoms with Crippen LogP contribution < -0.4 is 0 Å². The molecule has 1 heterocycles. The van der Waals surface area contributed by atoms with Gasteiger partial charge in [0.1, 0.15) is 35.5 Å². The maximum absolute atomic E-state index is 13.7. The first-order valence-corrected chi connectivity index (χ1v) is 13.5. The summed E-state index contributed by atoms with van der Waals surface area (Å²) < 4.78 is 17.2. The minimum Gasteiger partial charge on any atom is -0.388 e. The van der Waals surface area contributed by atoms with Gasteiger partial charge in [-0.05, 0) is 50.9 Å². The third kappa shape index (κ3) is 3.76. The molecule has 0 aromatic rings. The molecule has 0 radical (unpaired) electrons. The molecule has 206 valence electrons. The number of Topliss-reactive ketones (excluding diaryl/α,β-unsaturated/α-hetero) is 3. The summed E-state index contributed by atoms with van der Waals surface area (Å²) in [7, 11) is 1.43. The number of rotatable bonds is 4. The van der Waals surface area contributed by atoms with Crippen LogP contribution in [0.1, 0.15) is 66.2 Å². The Morgan fingerprint density at radius 1 is 1.11 bits per heavy atom. The molecular formula is C28H40O9. The number of hydrogen-bond acceptors (Lipinski definition) is 9. The SMILES string of the molecule is CO[C@H]1[C@@H](O)[C@@H](C)O[C@H](O[C@H]2CC[C@@]3(C)C(=CC[C@@H]4[C@H]3C(=O)C[C@@]3(C)[C@H]4C(=O)C[C@]3(O)C(C)=O)C2)[C@@H]1O. The largest absolute Gasteiger partial charge is 0.388 e. The number of carbonyl (C=O) groups is 3. The highest BCUT2D eigenvalue weighted by Crippen LogP contribution is 2.65. The molecule has 0 amide bonds. The lowest BCUT2D eigenvalue weighted by Gasteiger charge is -2.57. The molecule has 4 aliphatic carbocycles. The zero-order valence-corrected chi connectivity index (χ0v) is 22.3. The summed E-state index contributed by atoms with van der Waals surface area (Å²) in [6, 6.07) is 0. The highest BCUT2D eigenvalue weighted by Gasteiger charge is 2.70. The Balaban J connectivity index is 1.37. The second-order valence-corrected chi connectivity index (χ2v) is 12.5. The van der Waals surface area contributed by atoms with Gasteiger partial charge in [-0.15, -0.1) is 0 Å². The first kappa shape index (κ1) is 27.1. The summed E-state index contributed by atoms with van der Waals surface area (Å²) in [5.74, 6) is -1.67. The second kappa shape index (κ2) is 9.03. The van der Waals surface area contributed by atoms with Crippen molar-refractivity contribution in [2.45, 2.75) is 109 Å². The Morgan fingerprint density at radius 2 is 1.78 bits per heavy atom. The van der Waals surface area contributed by atoms with E-state index in [0.717, 1.165) is 5.57 Å². The van der Waals surface area contributed by atoms with E-state index in [1.54, 1.807) is 13.8 Å². The van der Waals surface area contributed by atoms with Crippen LogP contribution in [0, 0.1) is 28.6 Å². The van der Waals surface area contributed by atoms with Crippen molar-refractivity contribution in [3.05, 3.63) is 11.6 Å². The van der Waals surface area contributed by atoms with Crippen molar-refractivity contribution in [3.63, 3.8) is 0 Å². The van der Waals surface area contributed by atoms with Gasteiger partial charge < -0.3 is 29.5 Å². The van der Waals surface area contributed by atoms with Gasteiger partial charge in [0.25, 0.3) is 0 Å². The fourth-order valence-electron chi connectivity index (χ4n) is 8.52. The summed E-state index contributed by atoms with van der Waals surface area (Å²) in [6.07, 6.45) is -0.330. The van der Waals surface area contributed by atoms with Gasteiger partial charge in [0.05, 0.1) is 12.2 Å². The molecular weight excluding hydrogens is 480 g/mol. The molecule has 1 saturated heterocycles. The highest BCUT2D eigenvalue weighted by molar-refractivity contribution is 6.01. The van der Waals surface area contributed by atoms with Crippen molar-refractivity contribution in [2.75, 3.05) is 7.11 Å². The van der Waals surface area contributed by atoms with Crippen LogP contribution in [0.25, 0.3) is 0 Å². The number of allylic oxidation sites excluding steroid dienone is 1. The van der Waals surface area contributed by atoms with Gasteiger partial charge in [0.15, 0.2) is 12.1 Å². The molecule has 5 rings (SSSR count). The number of methoxy groups -OCH3 is 1. The average molecular weight is 521 g/mol. The highest BCUT2D eigenvalue weighted by atomic mass is 16.7. The molecule has 9 nitrogen and oxygen atoms in total. The fraction of sp³-hybridized carbons (Fsp3) is 0.821. The Hall–Kier alpha value is -1.49. The van der Waals surface area contributed by atoms with E-state index in [-0.39, 0.29) is 42.3 Å². The summed E-state index contributed by atoms with van der Waals surface area (Å²) >= 11 is 0. The summed E-state index contributed by atoms with van der Waals surface area (Å²) in [5.41, 5.74) is -2.21. The van der Waals surface area contributed by atoms with Crippen LogP contribution in [-0.4, -0.2) is 82.2 Å². The van der Waals surface area contributed by atoms with Gasteiger partial charge in [-0.3, -0.25) is 14.4 Å². The van der Waals surface area contributed by atoms with E-state index in [1.165, 1.54) is 14.0 Å². The Morgan fingerprint density at radius 3 is 2.43 bits per heavy atom. The minimum atomic E-state index is -1.79. The quantitative estimate of drug-likeness (QED) is 0.471. The van der Waals surface area contributed by atoms with Crippen LogP contribution in [0.2, 0.25) is 0 Å². The maximum Gasteiger partial charge on any atom is 0.186 e. The van der Waals surface area contributed by atoms with Crippen molar-refractivity contribution in [1.82, 2.24) is 0 Å². The van der Waals surface area contributed by atoms with Gasteiger partial charge in [-0.25, -0.2) is 0 Å². The van der Waals surface area contributed by atoms with E-state index in [9.17, 15) is 29.7 Å². The van der Waals surface area contributed by atoms with E-state index < -0.39 is 58.8 Å². The number of fused-ring (bicyclic) bond motifs is 5. The molecule has 0 spiro atoms. The molecule has 4 fully saturated rings. The van der Waals surface area contributed by atoms with Crippen LogP contribution in [-0.2, 0) is 28.6 Å². The first-order valence-electron chi connectivity index (χ1n) is 13.5. The smallest absolute Gasteiger partial charge is 0.186 e. The molecule has 0 aromatic heterocycles. The molecule has 0 aromatic carbocycles. The average Bonchev–Trinajstić information content (AvgIpc) is 3.03. The van der Waals surface area contributed by atoms with E-state index in [1.807, 2.05) is 0 Å². The van der Waals surface area contributed by atoms with Crippen molar-refractivity contribution in [3.8, 4) is 0 Å². The predicted molar refractivity (Wildman–Crippen MR) is 130 cm³/mol. The third-order valence-corrected chi connectivity index (χ3v) is 10.6. The molecule has 3 N–H and O–H groups in total. The molecule has 12 atom stereocenters. The van der Waals surface area contributed by atoms with Crippen LogP contribution in [0.5, 0.6) is 0 Å². The normalized spacial score (nSPS) is 51.7. The lowest BCUT2D eigenvalue weighted by molar-refractivity contribution is -0.309. The number of ketones is 3. The minimum absolute atomic E-state index is 0.0161. The molecule has 37 heavy (non-hydrogen) atoms.